The number of nitrogens with zero attached hydrogens (tertiary/aromatic N) is 4. The first-order valence-electron chi connectivity index (χ1n) is 10.9. The summed E-state index contributed by atoms with van der Waals surface area (Å²) in [5, 5.41) is 32.7. The lowest BCUT2D eigenvalue weighted by molar-refractivity contribution is -0.0375. The van der Waals surface area contributed by atoms with Gasteiger partial charge in [-0.25, -0.2) is 13.4 Å². The maximum Gasteiger partial charge on any atom is 0.343 e. The smallest absolute Gasteiger partial charge is 0.343 e. The summed E-state index contributed by atoms with van der Waals surface area (Å²) in [5.41, 5.74) is 1.13. The van der Waals surface area contributed by atoms with Crippen LogP contribution in [0, 0.1) is 0 Å². The Bertz CT molecular complexity index is 1200. The van der Waals surface area contributed by atoms with Crippen LogP contribution in [-0.2, 0) is 19.1 Å². The van der Waals surface area contributed by atoms with Crippen LogP contribution in [0.1, 0.15) is 45.3 Å². The van der Waals surface area contributed by atoms with Crippen LogP contribution in [0.15, 0.2) is 6.07 Å². The maximum absolute atomic E-state index is 12.6. The first kappa shape index (κ1) is 25.7. The first-order chi connectivity index (χ1) is 15.9. The molecule has 1 saturated heterocycles. The highest BCUT2D eigenvalue weighted by Crippen LogP contribution is 2.46. The number of aliphatic hydroxyl groups excluding tert-OH is 2. The van der Waals surface area contributed by atoms with Gasteiger partial charge in [0.25, 0.3) is 0 Å². The predicted molar refractivity (Wildman–Crippen MR) is 122 cm³/mol. The van der Waals surface area contributed by atoms with Crippen molar-refractivity contribution in [3.63, 3.8) is 0 Å². The first-order valence-corrected chi connectivity index (χ1v) is 14.7. The minimum atomic E-state index is -4.96. The number of hydrogen-bond acceptors (Lipinski definition) is 10. The van der Waals surface area contributed by atoms with Gasteiger partial charge in [0.2, 0.25) is 0 Å². The number of ether oxygens (including phenoxy) is 1. The number of nitrogens with one attached hydrogen (secondary N) is 1. The van der Waals surface area contributed by atoms with Gasteiger partial charge < -0.3 is 30.1 Å². The Labute approximate surface area is 200 Å². The van der Waals surface area contributed by atoms with Crippen molar-refractivity contribution in [2.24, 2.45) is 0 Å². The Morgan fingerprint density at radius 1 is 1.29 bits per heavy atom. The zero-order valence-electron chi connectivity index (χ0n) is 18.2. The van der Waals surface area contributed by atoms with Crippen molar-refractivity contribution in [1.82, 2.24) is 20.0 Å². The number of pyridine rings is 1. The molecule has 0 aromatic carbocycles. The maximum atomic E-state index is 12.6. The molecule has 1 aliphatic heterocycles. The summed E-state index contributed by atoms with van der Waals surface area (Å²) in [4.78, 5) is 21.1. The van der Waals surface area contributed by atoms with Gasteiger partial charge in [0.1, 0.15) is 23.5 Å². The average Bonchev–Trinajstić information content (AvgIpc) is 3.44. The SMILES string of the molecule is CCC(P(=O)(O)O)S(=O)(=O)C[C@H]1O[C@@H](n2nnc3c(NC4CCCC4)cc(Cl)nc32)[C@H](O)[C@@H]1O. The zero-order chi connectivity index (χ0) is 24.8. The molecular formula is C18H27ClN5O8PS. The van der Waals surface area contributed by atoms with Crippen LogP contribution in [0.5, 0.6) is 0 Å². The van der Waals surface area contributed by atoms with Crippen molar-refractivity contribution in [2.75, 3.05) is 11.1 Å². The Kier molecular flexibility index (Phi) is 7.25. The summed E-state index contributed by atoms with van der Waals surface area (Å²) in [6.07, 6.45) is -2.19. The molecule has 16 heteroatoms. The largest absolute Gasteiger partial charge is 0.387 e. The summed E-state index contributed by atoms with van der Waals surface area (Å²) < 4.78 is 43.6. The normalized spacial score (nSPS) is 27.5. The summed E-state index contributed by atoms with van der Waals surface area (Å²) in [7, 11) is -9.34. The van der Waals surface area contributed by atoms with Crippen molar-refractivity contribution in [2.45, 2.75) is 74.6 Å². The fourth-order valence-electron chi connectivity index (χ4n) is 4.57. The van der Waals surface area contributed by atoms with Crippen molar-refractivity contribution in [3.05, 3.63) is 11.2 Å². The Morgan fingerprint density at radius 2 is 1.97 bits per heavy atom. The molecule has 0 radical (unpaired) electrons. The lowest BCUT2D eigenvalue weighted by atomic mass is 10.1. The molecule has 0 amide bonds. The minimum Gasteiger partial charge on any atom is -0.387 e. The molecule has 0 bridgehead atoms. The van der Waals surface area contributed by atoms with E-state index < -0.39 is 52.7 Å². The van der Waals surface area contributed by atoms with Crippen LogP contribution in [0.3, 0.4) is 0 Å². The molecular weight excluding hydrogens is 513 g/mol. The minimum absolute atomic E-state index is 0.135. The predicted octanol–water partition coefficient (Wildman–Crippen LogP) is 0.782. The molecule has 13 nitrogen and oxygen atoms in total. The lowest BCUT2D eigenvalue weighted by Gasteiger charge is -2.20. The van der Waals surface area contributed by atoms with Crippen LogP contribution in [0.2, 0.25) is 5.15 Å². The molecule has 2 aliphatic rings. The van der Waals surface area contributed by atoms with E-state index in [0.29, 0.717) is 11.2 Å². The van der Waals surface area contributed by atoms with E-state index in [1.807, 2.05) is 0 Å². The van der Waals surface area contributed by atoms with Crippen molar-refractivity contribution >= 4 is 45.9 Å². The van der Waals surface area contributed by atoms with Gasteiger partial charge in [-0.1, -0.05) is 36.6 Å². The molecule has 1 saturated carbocycles. The van der Waals surface area contributed by atoms with E-state index in [9.17, 15) is 33.0 Å². The van der Waals surface area contributed by atoms with E-state index in [1.165, 1.54) is 6.92 Å². The molecule has 1 unspecified atom stereocenters. The van der Waals surface area contributed by atoms with Gasteiger partial charge in [0.05, 0.1) is 11.4 Å². The Hall–Kier alpha value is -1.38. The molecule has 190 valence electrons. The van der Waals surface area contributed by atoms with E-state index in [0.717, 1.165) is 30.4 Å². The molecule has 2 aromatic rings. The molecule has 1 aliphatic carbocycles. The highest BCUT2D eigenvalue weighted by atomic mass is 35.5. The summed E-state index contributed by atoms with van der Waals surface area (Å²) >= 11 is 6.19. The monoisotopic (exact) mass is 539 g/mol. The van der Waals surface area contributed by atoms with Crippen LogP contribution in [0.4, 0.5) is 5.69 Å². The van der Waals surface area contributed by atoms with Crippen molar-refractivity contribution in [1.29, 1.82) is 0 Å². The quantitative estimate of drug-likeness (QED) is 0.234. The average molecular weight is 540 g/mol. The van der Waals surface area contributed by atoms with Gasteiger partial charge >= 0.3 is 7.60 Å². The number of halogens is 1. The second-order valence-corrected chi connectivity index (χ2v) is 13.4. The number of sulfone groups is 1. The second kappa shape index (κ2) is 9.58. The third-order valence-electron chi connectivity index (χ3n) is 6.23. The zero-order valence-corrected chi connectivity index (χ0v) is 20.7. The highest BCUT2D eigenvalue weighted by Gasteiger charge is 2.49. The van der Waals surface area contributed by atoms with Gasteiger partial charge in [0.15, 0.2) is 32.2 Å². The van der Waals surface area contributed by atoms with Crippen LogP contribution in [-0.4, -0.2) is 83.5 Å². The standard InChI is InChI=1S/C18H27ClN5O8PS/c1-2-13(33(27,28)29)34(30,31)8-11-15(25)16(26)18(32-11)24-17-14(22-23-24)10(7-12(19)21-17)20-9-5-3-4-6-9/h7,9,11,13,15-16,18,25-26H,2-6,8H2,1H3,(H,20,21)(H2,27,28,29)/t11-,13?,15-,16-,18-/m1/s1. The van der Waals surface area contributed by atoms with E-state index in [2.05, 4.69) is 20.6 Å². The van der Waals surface area contributed by atoms with Crippen LogP contribution >= 0.6 is 19.2 Å². The van der Waals surface area contributed by atoms with Gasteiger partial charge in [-0.15, -0.1) is 5.10 Å². The fraction of sp³-hybridized carbons (Fsp3) is 0.722. The Morgan fingerprint density at radius 3 is 2.59 bits per heavy atom. The number of rotatable bonds is 8. The molecule has 0 spiro atoms. The van der Waals surface area contributed by atoms with Gasteiger partial charge in [-0.05, 0) is 19.3 Å². The lowest BCUT2D eigenvalue weighted by Crippen LogP contribution is -2.38. The molecule has 4 rings (SSSR count). The summed E-state index contributed by atoms with van der Waals surface area (Å²) in [5.74, 6) is -0.902. The molecule has 5 atom stereocenters. The van der Waals surface area contributed by atoms with E-state index in [4.69, 9.17) is 16.3 Å². The number of aromatic nitrogens is 4. The fourth-order valence-corrected chi connectivity index (χ4v) is 8.63. The van der Waals surface area contributed by atoms with Gasteiger partial charge in [-0.2, -0.15) is 4.68 Å². The number of fused-ring (bicyclic) bond motifs is 1. The molecule has 5 N–H and O–H groups in total. The molecule has 3 heterocycles. The van der Waals surface area contributed by atoms with Crippen LogP contribution < -0.4 is 5.32 Å². The van der Waals surface area contributed by atoms with E-state index in [1.54, 1.807) is 6.07 Å². The second-order valence-electron chi connectivity index (χ2n) is 8.65. The number of anilines is 1. The molecule has 2 fully saturated rings. The highest BCUT2D eigenvalue weighted by molar-refractivity contribution is 7.98. The molecule has 2 aromatic heterocycles. The summed E-state index contributed by atoms with van der Waals surface area (Å²) in [6.45, 7) is 1.33. The third-order valence-corrected chi connectivity index (χ3v) is 11.3. The van der Waals surface area contributed by atoms with E-state index >= 15 is 0 Å². The number of hydrogen-bond donors (Lipinski definition) is 5. The third kappa shape index (κ3) is 4.96. The van der Waals surface area contributed by atoms with Crippen molar-refractivity contribution < 1.29 is 37.7 Å². The summed E-state index contributed by atoms with van der Waals surface area (Å²) in [6, 6.07) is 1.86. The van der Waals surface area contributed by atoms with Crippen molar-refractivity contribution in [3.8, 4) is 0 Å². The number of aliphatic hydroxyl groups is 2. The van der Waals surface area contributed by atoms with E-state index in [-0.39, 0.29) is 23.3 Å². The Balaban J connectivity index is 1.61. The van der Waals surface area contributed by atoms with Crippen LogP contribution in [0.25, 0.3) is 11.2 Å². The molecule has 34 heavy (non-hydrogen) atoms. The topological polar surface area (TPSA) is 197 Å². The van der Waals surface area contributed by atoms with Gasteiger partial charge in [0, 0.05) is 12.1 Å². The van der Waals surface area contributed by atoms with Gasteiger partial charge in [-0.3, -0.25) is 4.57 Å².